The third-order valence-electron chi connectivity index (χ3n) is 1.32. The molecular weight excluding hydrogens is 317 g/mol. The summed E-state index contributed by atoms with van der Waals surface area (Å²) in [6.45, 7) is 0. The lowest BCUT2D eigenvalue weighted by molar-refractivity contribution is 1.23. The first-order valence-corrected chi connectivity index (χ1v) is 4.92. The van der Waals surface area contributed by atoms with E-state index in [0.29, 0.717) is 6.42 Å². The molecule has 0 amide bonds. The summed E-state index contributed by atoms with van der Waals surface area (Å²) in [5.41, 5.74) is 1.08. The van der Waals surface area contributed by atoms with Gasteiger partial charge in [-0.05, 0) is 40.3 Å². The summed E-state index contributed by atoms with van der Waals surface area (Å²) in [6.07, 6.45) is 0.472. The zero-order valence-electron chi connectivity index (χ0n) is 5.64. The SMILES string of the molecule is N#CCc1c(Br)cccc1I. The lowest BCUT2D eigenvalue weighted by Gasteiger charge is -2.00. The highest BCUT2D eigenvalue weighted by Crippen LogP contribution is 2.22. The van der Waals surface area contributed by atoms with Crippen LogP contribution in [-0.4, -0.2) is 0 Å². The first kappa shape index (κ1) is 9.01. The zero-order valence-corrected chi connectivity index (χ0v) is 9.39. The molecular formula is C8H5BrIN. The lowest BCUT2D eigenvalue weighted by Crippen LogP contribution is -1.87. The quantitative estimate of drug-likeness (QED) is 0.729. The maximum absolute atomic E-state index is 8.49. The summed E-state index contributed by atoms with van der Waals surface area (Å²) < 4.78 is 2.16. The van der Waals surface area contributed by atoms with Gasteiger partial charge in [0, 0.05) is 8.04 Å². The molecule has 0 aromatic heterocycles. The molecule has 0 N–H and O–H groups in total. The van der Waals surface area contributed by atoms with Gasteiger partial charge in [-0.1, -0.05) is 22.0 Å². The van der Waals surface area contributed by atoms with Crippen molar-refractivity contribution in [2.24, 2.45) is 0 Å². The summed E-state index contributed by atoms with van der Waals surface area (Å²) in [7, 11) is 0. The second kappa shape index (κ2) is 4.07. The molecule has 0 saturated heterocycles. The molecule has 1 rings (SSSR count). The van der Waals surface area contributed by atoms with Crippen molar-refractivity contribution in [3.63, 3.8) is 0 Å². The first-order valence-electron chi connectivity index (χ1n) is 3.05. The molecule has 0 spiro atoms. The van der Waals surface area contributed by atoms with Crippen molar-refractivity contribution in [3.05, 3.63) is 31.8 Å². The molecule has 1 nitrogen and oxygen atoms in total. The van der Waals surface area contributed by atoms with Gasteiger partial charge in [0.15, 0.2) is 0 Å². The Morgan fingerprint density at radius 3 is 2.82 bits per heavy atom. The summed E-state index contributed by atoms with van der Waals surface area (Å²) >= 11 is 5.62. The van der Waals surface area contributed by atoms with E-state index in [2.05, 4.69) is 44.6 Å². The fourth-order valence-electron chi connectivity index (χ4n) is 0.780. The molecule has 0 aliphatic rings. The second-order valence-corrected chi connectivity index (χ2v) is 4.05. The summed E-state index contributed by atoms with van der Waals surface area (Å²) in [5, 5.41) is 8.49. The van der Waals surface area contributed by atoms with Crippen LogP contribution in [0.25, 0.3) is 0 Å². The smallest absolute Gasteiger partial charge is 0.0670 e. The van der Waals surface area contributed by atoms with E-state index in [0.717, 1.165) is 13.6 Å². The third kappa shape index (κ3) is 2.17. The lowest BCUT2D eigenvalue weighted by atomic mass is 10.2. The van der Waals surface area contributed by atoms with E-state index in [9.17, 15) is 0 Å². The van der Waals surface area contributed by atoms with Crippen LogP contribution in [0.2, 0.25) is 0 Å². The predicted octanol–water partition coefficient (Wildman–Crippen LogP) is 3.12. The van der Waals surface area contributed by atoms with Gasteiger partial charge >= 0.3 is 0 Å². The fourth-order valence-corrected chi connectivity index (χ4v) is 2.35. The fraction of sp³-hybridized carbons (Fsp3) is 0.125. The number of rotatable bonds is 1. The summed E-state index contributed by atoms with van der Waals surface area (Å²) in [6, 6.07) is 8.05. The third-order valence-corrected chi connectivity index (χ3v) is 3.07. The van der Waals surface area contributed by atoms with E-state index in [1.807, 2.05) is 18.2 Å². The molecule has 1 aromatic rings. The molecule has 0 aliphatic heterocycles. The average Bonchev–Trinajstić information content (AvgIpc) is 1.97. The first-order chi connectivity index (χ1) is 5.25. The number of halogens is 2. The average molecular weight is 322 g/mol. The second-order valence-electron chi connectivity index (χ2n) is 2.04. The van der Waals surface area contributed by atoms with E-state index in [-0.39, 0.29) is 0 Å². The number of nitrogens with zero attached hydrogens (tertiary/aromatic N) is 1. The van der Waals surface area contributed by atoms with E-state index >= 15 is 0 Å². The molecule has 11 heavy (non-hydrogen) atoms. The van der Waals surface area contributed by atoms with Crippen molar-refractivity contribution < 1.29 is 0 Å². The van der Waals surface area contributed by atoms with E-state index in [4.69, 9.17) is 5.26 Å². The topological polar surface area (TPSA) is 23.8 Å². The van der Waals surface area contributed by atoms with Crippen molar-refractivity contribution in [3.8, 4) is 6.07 Å². The van der Waals surface area contributed by atoms with Crippen LogP contribution in [-0.2, 0) is 6.42 Å². The van der Waals surface area contributed by atoms with Gasteiger partial charge in [0.25, 0.3) is 0 Å². The Balaban J connectivity index is 3.12. The Labute approximate surface area is 87.7 Å². The van der Waals surface area contributed by atoms with E-state index < -0.39 is 0 Å². The molecule has 56 valence electrons. The molecule has 0 unspecified atom stereocenters. The Hall–Kier alpha value is -0.0800. The molecule has 0 saturated carbocycles. The monoisotopic (exact) mass is 321 g/mol. The van der Waals surface area contributed by atoms with Gasteiger partial charge < -0.3 is 0 Å². The van der Waals surface area contributed by atoms with Crippen LogP contribution in [0.5, 0.6) is 0 Å². The number of hydrogen-bond acceptors (Lipinski definition) is 1. The van der Waals surface area contributed by atoms with E-state index in [1.165, 1.54) is 0 Å². The Bertz CT molecular complexity index is 283. The minimum absolute atomic E-state index is 0.472. The van der Waals surface area contributed by atoms with Gasteiger partial charge in [0.1, 0.15) is 0 Å². The van der Waals surface area contributed by atoms with Crippen molar-refractivity contribution in [2.75, 3.05) is 0 Å². The minimum atomic E-state index is 0.472. The van der Waals surface area contributed by atoms with Crippen LogP contribution >= 0.6 is 38.5 Å². The molecule has 0 bridgehead atoms. The van der Waals surface area contributed by atoms with Crippen LogP contribution in [0, 0.1) is 14.9 Å². The van der Waals surface area contributed by atoms with Crippen LogP contribution in [0.4, 0.5) is 0 Å². The predicted molar refractivity (Wildman–Crippen MR) is 56.2 cm³/mol. The number of hydrogen-bond donors (Lipinski definition) is 0. The molecule has 0 heterocycles. The molecule has 3 heteroatoms. The highest BCUT2D eigenvalue weighted by Gasteiger charge is 2.01. The summed E-state index contributed by atoms with van der Waals surface area (Å²) in [4.78, 5) is 0. The highest BCUT2D eigenvalue weighted by molar-refractivity contribution is 14.1. The van der Waals surface area contributed by atoms with Crippen molar-refractivity contribution in [1.29, 1.82) is 5.26 Å². The maximum Gasteiger partial charge on any atom is 0.0670 e. The van der Waals surface area contributed by atoms with Crippen LogP contribution in [0.15, 0.2) is 22.7 Å². The van der Waals surface area contributed by atoms with Gasteiger partial charge in [-0.2, -0.15) is 5.26 Å². The standard InChI is InChI=1S/C8H5BrIN/c9-7-2-1-3-8(10)6(7)4-5-11/h1-3H,4H2. The van der Waals surface area contributed by atoms with Gasteiger partial charge in [-0.25, -0.2) is 0 Å². The molecule has 0 atom stereocenters. The van der Waals surface area contributed by atoms with Crippen LogP contribution < -0.4 is 0 Å². The number of nitriles is 1. The van der Waals surface area contributed by atoms with Gasteiger partial charge in [0.2, 0.25) is 0 Å². The van der Waals surface area contributed by atoms with Gasteiger partial charge in [0.05, 0.1) is 12.5 Å². The molecule has 0 aliphatic carbocycles. The molecule has 1 aromatic carbocycles. The van der Waals surface area contributed by atoms with E-state index in [1.54, 1.807) is 0 Å². The van der Waals surface area contributed by atoms with Crippen molar-refractivity contribution >= 4 is 38.5 Å². The molecule has 0 fully saturated rings. The van der Waals surface area contributed by atoms with Gasteiger partial charge in [-0.3, -0.25) is 0 Å². The van der Waals surface area contributed by atoms with Crippen LogP contribution in [0.3, 0.4) is 0 Å². The van der Waals surface area contributed by atoms with Crippen LogP contribution in [0.1, 0.15) is 5.56 Å². The number of benzene rings is 1. The Morgan fingerprint density at radius 2 is 2.27 bits per heavy atom. The maximum atomic E-state index is 8.49. The zero-order chi connectivity index (χ0) is 8.27. The Morgan fingerprint density at radius 1 is 1.55 bits per heavy atom. The van der Waals surface area contributed by atoms with Crippen molar-refractivity contribution in [2.45, 2.75) is 6.42 Å². The Kier molecular flexibility index (Phi) is 3.34. The summed E-state index contributed by atoms with van der Waals surface area (Å²) in [5.74, 6) is 0. The molecule has 0 radical (unpaired) electrons. The normalized spacial score (nSPS) is 9.18. The largest absolute Gasteiger partial charge is 0.198 e. The van der Waals surface area contributed by atoms with Gasteiger partial charge in [-0.15, -0.1) is 0 Å². The van der Waals surface area contributed by atoms with Crippen molar-refractivity contribution in [1.82, 2.24) is 0 Å². The minimum Gasteiger partial charge on any atom is -0.198 e. The highest BCUT2D eigenvalue weighted by atomic mass is 127.